The number of aromatic hydroxyl groups is 2. The van der Waals surface area contributed by atoms with Gasteiger partial charge in [-0.15, -0.1) is 0 Å². The molecular weight excluding hydrogens is 338 g/mol. The van der Waals surface area contributed by atoms with Gasteiger partial charge in [0.15, 0.2) is 0 Å². The maximum Gasteiger partial charge on any atom is 0.216 e. The van der Waals surface area contributed by atoms with Crippen molar-refractivity contribution in [3.8, 4) is 11.5 Å². The van der Waals surface area contributed by atoms with Gasteiger partial charge in [-0.25, -0.2) is 13.1 Å². The summed E-state index contributed by atoms with van der Waals surface area (Å²) in [4.78, 5) is 0. The van der Waals surface area contributed by atoms with Crippen molar-refractivity contribution in [2.75, 3.05) is 0 Å². The molecule has 0 unspecified atom stereocenters. The number of phenols is 2. The van der Waals surface area contributed by atoms with E-state index in [2.05, 4.69) is 4.72 Å². The largest absolute Gasteiger partial charge is 0.508 e. The predicted octanol–water partition coefficient (Wildman–Crippen LogP) is 3.24. The van der Waals surface area contributed by atoms with Gasteiger partial charge in [0.25, 0.3) is 0 Å². The van der Waals surface area contributed by atoms with E-state index < -0.39 is 10.0 Å². The topological polar surface area (TPSA) is 86.6 Å². The summed E-state index contributed by atoms with van der Waals surface area (Å²) >= 11 is 0. The second-order valence-corrected chi connectivity index (χ2v) is 8.41. The van der Waals surface area contributed by atoms with Crippen LogP contribution in [-0.4, -0.2) is 24.7 Å². The third-order valence-corrected chi connectivity index (χ3v) is 6.13. The third-order valence-electron chi connectivity index (χ3n) is 4.73. The van der Waals surface area contributed by atoms with Crippen LogP contribution in [0, 0.1) is 0 Å². The molecule has 5 nitrogen and oxygen atoms in total. The first-order valence-corrected chi connectivity index (χ1v) is 10.1. The molecule has 1 aliphatic rings. The molecule has 25 heavy (non-hydrogen) atoms. The summed E-state index contributed by atoms with van der Waals surface area (Å²) in [6.07, 6.45) is 3.08. The van der Waals surface area contributed by atoms with E-state index in [4.69, 9.17) is 0 Å². The molecule has 134 valence electrons. The second kappa shape index (κ2) is 7.45. The predicted molar refractivity (Wildman–Crippen MR) is 97.0 cm³/mol. The van der Waals surface area contributed by atoms with E-state index in [1.165, 1.54) is 6.07 Å². The first-order chi connectivity index (χ1) is 11.9. The molecule has 0 amide bonds. The summed E-state index contributed by atoms with van der Waals surface area (Å²) in [5.41, 5.74) is 1.60. The summed E-state index contributed by atoms with van der Waals surface area (Å²) in [6, 6.07) is 13.8. The molecule has 0 radical (unpaired) electrons. The Morgan fingerprint density at radius 2 is 1.64 bits per heavy atom. The Balaban J connectivity index is 1.57. The molecule has 0 heterocycles. The van der Waals surface area contributed by atoms with Crippen molar-refractivity contribution in [1.82, 2.24) is 4.72 Å². The van der Waals surface area contributed by atoms with Crippen LogP contribution in [0.3, 0.4) is 0 Å². The van der Waals surface area contributed by atoms with Crippen molar-refractivity contribution in [3.05, 3.63) is 59.7 Å². The zero-order valence-corrected chi connectivity index (χ0v) is 14.7. The van der Waals surface area contributed by atoms with Crippen LogP contribution in [0.15, 0.2) is 48.5 Å². The molecule has 1 saturated carbocycles. The molecule has 0 spiro atoms. The van der Waals surface area contributed by atoms with Crippen LogP contribution in [0.5, 0.6) is 11.5 Å². The van der Waals surface area contributed by atoms with Gasteiger partial charge < -0.3 is 10.2 Å². The van der Waals surface area contributed by atoms with Crippen LogP contribution in [0.25, 0.3) is 0 Å². The van der Waals surface area contributed by atoms with Gasteiger partial charge in [-0.2, -0.15) is 0 Å². The lowest BCUT2D eigenvalue weighted by Gasteiger charge is -2.29. The molecule has 3 N–H and O–H groups in total. The van der Waals surface area contributed by atoms with Crippen LogP contribution in [0.4, 0.5) is 0 Å². The minimum absolute atomic E-state index is 0.00742. The zero-order chi connectivity index (χ0) is 17.9. The molecule has 1 fully saturated rings. The SMILES string of the molecule is O=S(=O)(Cc1ccccc1)N[C@H]1CC[C@@H](c2ccc(O)cc2O)CC1. The molecular formula is C19H23NO4S. The van der Waals surface area contributed by atoms with Crippen LogP contribution in [0.1, 0.15) is 42.7 Å². The fourth-order valence-electron chi connectivity index (χ4n) is 3.49. The summed E-state index contributed by atoms with van der Waals surface area (Å²) in [5.74, 6) is 0.333. The number of rotatable bonds is 5. The average molecular weight is 361 g/mol. The number of nitrogens with one attached hydrogen (secondary N) is 1. The fourth-order valence-corrected chi connectivity index (χ4v) is 4.95. The monoisotopic (exact) mass is 361 g/mol. The molecule has 0 aliphatic heterocycles. The smallest absolute Gasteiger partial charge is 0.216 e. The first kappa shape index (κ1) is 17.8. The lowest BCUT2D eigenvalue weighted by molar-refractivity contribution is 0.362. The van der Waals surface area contributed by atoms with Crippen molar-refractivity contribution in [1.29, 1.82) is 0 Å². The van der Waals surface area contributed by atoms with E-state index in [9.17, 15) is 18.6 Å². The summed E-state index contributed by atoms with van der Waals surface area (Å²) < 4.78 is 27.5. The van der Waals surface area contributed by atoms with Crippen molar-refractivity contribution in [2.45, 2.75) is 43.4 Å². The Kier molecular flexibility index (Phi) is 5.30. The summed E-state index contributed by atoms with van der Waals surface area (Å²) in [5, 5.41) is 19.4. The molecule has 0 atom stereocenters. The Hall–Kier alpha value is -2.05. The molecule has 6 heteroatoms. The van der Waals surface area contributed by atoms with Crippen molar-refractivity contribution < 1.29 is 18.6 Å². The first-order valence-electron chi connectivity index (χ1n) is 8.49. The van der Waals surface area contributed by atoms with Crippen LogP contribution in [-0.2, 0) is 15.8 Å². The lowest BCUT2D eigenvalue weighted by Crippen LogP contribution is -2.38. The highest BCUT2D eigenvalue weighted by Crippen LogP contribution is 2.38. The molecule has 0 aromatic heterocycles. The number of hydrogen-bond acceptors (Lipinski definition) is 4. The lowest BCUT2D eigenvalue weighted by atomic mass is 9.81. The van der Waals surface area contributed by atoms with Crippen LogP contribution >= 0.6 is 0 Å². The van der Waals surface area contributed by atoms with E-state index >= 15 is 0 Å². The highest BCUT2D eigenvalue weighted by molar-refractivity contribution is 7.88. The second-order valence-electron chi connectivity index (χ2n) is 6.65. The average Bonchev–Trinajstić information content (AvgIpc) is 2.56. The molecule has 2 aromatic rings. The van der Waals surface area contributed by atoms with E-state index in [1.807, 2.05) is 30.3 Å². The quantitative estimate of drug-likeness (QED) is 0.763. The standard InChI is InChI=1S/C19H23NO4S/c21-17-10-11-18(19(22)12-17)15-6-8-16(9-7-15)20-25(23,24)13-14-4-2-1-3-5-14/h1-5,10-12,15-16,20-22H,6-9,13H2/t15-,16+. The van der Waals surface area contributed by atoms with Gasteiger partial charge in [0.05, 0.1) is 5.75 Å². The molecule has 2 aromatic carbocycles. The van der Waals surface area contributed by atoms with Gasteiger partial charge in [-0.05, 0) is 48.8 Å². The van der Waals surface area contributed by atoms with Gasteiger partial charge in [-0.1, -0.05) is 36.4 Å². The van der Waals surface area contributed by atoms with Crippen LogP contribution in [0.2, 0.25) is 0 Å². The minimum Gasteiger partial charge on any atom is -0.508 e. The van der Waals surface area contributed by atoms with Gasteiger partial charge in [0.1, 0.15) is 11.5 Å². The molecule has 3 rings (SSSR count). The third kappa shape index (κ3) is 4.74. The molecule has 0 bridgehead atoms. The van der Waals surface area contributed by atoms with E-state index in [-0.39, 0.29) is 29.2 Å². The van der Waals surface area contributed by atoms with Crippen molar-refractivity contribution in [3.63, 3.8) is 0 Å². The zero-order valence-electron chi connectivity index (χ0n) is 13.9. The number of hydrogen-bond donors (Lipinski definition) is 3. The Bertz CT molecular complexity index is 813. The molecule has 1 aliphatic carbocycles. The highest BCUT2D eigenvalue weighted by Gasteiger charge is 2.27. The summed E-state index contributed by atoms with van der Waals surface area (Å²) in [7, 11) is -3.36. The van der Waals surface area contributed by atoms with E-state index in [0.29, 0.717) is 0 Å². The Morgan fingerprint density at radius 1 is 0.960 bits per heavy atom. The number of phenolic OH excluding ortho intramolecular Hbond substituents is 2. The fraction of sp³-hybridized carbons (Fsp3) is 0.368. The number of sulfonamides is 1. The Morgan fingerprint density at radius 3 is 2.28 bits per heavy atom. The van der Waals surface area contributed by atoms with Gasteiger partial charge in [0.2, 0.25) is 10.0 Å². The number of benzene rings is 2. The van der Waals surface area contributed by atoms with E-state index in [1.54, 1.807) is 12.1 Å². The Labute approximate surface area is 148 Å². The van der Waals surface area contributed by atoms with Crippen molar-refractivity contribution >= 4 is 10.0 Å². The van der Waals surface area contributed by atoms with Crippen molar-refractivity contribution in [2.24, 2.45) is 0 Å². The van der Waals surface area contributed by atoms with Crippen LogP contribution < -0.4 is 4.72 Å². The minimum atomic E-state index is -3.36. The maximum absolute atomic E-state index is 12.3. The molecule has 0 saturated heterocycles. The summed E-state index contributed by atoms with van der Waals surface area (Å²) in [6.45, 7) is 0. The van der Waals surface area contributed by atoms with Gasteiger partial charge >= 0.3 is 0 Å². The normalized spacial score (nSPS) is 21.1. The highest BCUT2D eigenvalue weighted by atomic mass is 32.2. The van der Waals surface area contributed by atoms with Gasteiger partial charge in [-0.3, -0.25) is 0 Å². The maximum atomic E-state index is 12.3. The van der Waals surface area contributed by atoms with Gasteiger partial charge in [0, 0.05) is 12.1 Å². The van der Waals surface area contributed by atoms with E-state index in [0.717, 1.165) is 36.8 Å².